The quantitative estimate of drug-likeness (QED) is 0.910. The number of pyridine rings is 1. The van der Waals surface area contributed by atoms with Crippen LogP contribution in [0.15, 0.2) is 22.8 Å². The van der Waals surface area contributed by atoms with Crippen LogP contribution in [0.2, 0.25) is 0 Å². The molecule has 0 aliphatic carbocycles. The number of hydrogen-bond acceptors (Lipinski definition) is 4. The Morgan fingerprint density at radius 3 is 2.89 bits per heavy atom. The predicted molar refractivity (Wildman–Crippen MR) is 78.4 cm³/mol. The van der Waals surface area contributed by atoms with Gasteiger partial charge in [-0.1, -0.05) is 0 Å². The fraction of sp³-hybridized carbons (Fsp3) is 0.154. The van der Waals surface area contributed by atoms with E-state index in [2.05, 4.69) is 32.3 Å². The first kappa shape index (κ1) is 13.7. The zero-order chi connectivity index (χ0) is 14.0. The first-order valence-corrected chi connectivity index (χ1v) is 7.07. The smallest absolute Gasteiger partial charge is 0.276 e. The van der Waals surface area contributed by atoms with Crippen molar-refractivity contribution in [2.45, 2.75) is 13.8 Å². The van der Waals surface area contributed by atoms with E-state index in [-0.39, 0.29) is 5.91 Å². The topological polar surface area (TPSA) is 65.8 Å². The zero-order valence-corrected chi connectivity index (χ0v) is 12.7. The summed E-state index contributed by atoms with van der Waals surface area (Å²) < 4.78 is 0.621. The number of anilines is 1. The molecule has 0 aliphatic rings. The number of halogens is 1. The number of aromatic nitrogens is 1. The molecule has 19 heavy (non-hydrogen) atoms. The summed E-state index contributed by atoms with van der Waals surface area (Å²) in [6.45, 7) is 3.80. The lowest BCUT2D eigenvalue weighted by Gasteiger charge is -2.04. The van der Waals surface area contributed by atoms with E-state index < -0.39 is 0 Å². The number of hydrogen-bond donors (Lipinski definition) is 1. The number of nitrogens with zero attached hydrogens (tertiary/aromatic N) is 2. The highest BCUT2D eigenvalue weighted by Gasteiger charge is 2.17. The van der Waals surface area contributed by atoms with Crippen LogP contribution in [0, 0.1) is 25.2 Å². The normalized spacial score (nSPS) is 10.0. The van der Waals surface area contributed by atoms with Crippen LogP contribution in [-0.4, -0.2) is 10.9 Å². The molecule has 6 heteroatoms. The first-order valence-electron chi connectivity index (χ1n) is 5.46. The number of nitrogens with one attached hydrogen (secondary N) is 1. The van der Waals surface area contributed by atoms with Gasteiger partial charge in [-0.15, -0.1) is 11.3 Å². The molecule has 0 atom stereocenters. The van der Waals surface area contributed by atoms with Crippen molar-refractivity contribution < 1.29 is 4.79 Å². The number of nitriles is 1. The van der Waals surface area contributed by atoms with E-state index in [1.54, 1.807) is 18.3 Å². The summed E-state index contributed by atoms with van der Waals surface area (Å²) in [6.07, 6.45) is 1.55. The Morgan fingerprint density at radius 1 is 1.53 bits per heavy atom. The molecule has 96 valence electrons. The van der Waals surface area contributed by atoms with E-state index in [0.29, 0.717) is 20.7 Å². The fourth-order valence-electron chi connectivity index (χ4n) is 1.56. The number of amides is 1. The number of rotatable bonds is 2. The highest BCUT2D eigenvalue weighted by Crippen LogP contribution is 2.32. The molecule has 0 radical (unpaired) electrons. The predicted octanol–water partition coefficient (Wildman–Crippen LogP) is 3.65. The van der Waals surface area contributed by atoms with Crippen LogP contribution in [-0.2, 0) is 0 Å². The van der Waals surface area contributed by atoms with Gasteiger partial charge in [0.1, 0.15) is 16.8 Å². The van der Waals surface area contributed by atoms with E-state index in [1.165, 1.54) is 11.3 Å². The third-order valence-electron chi connectivity index (χ3n) is 2.70. The third-order valence-corrected chi connectivity index (χ3v) is 4.46. The maximum Gasteiger partial charge on any atom is 0.276 e. The Labute approximate surface area is 123 Å². The van der Waals surface area contributed by atoms with Crippen molar-refractivity contribution in [2.24, 2.45) is 0 Å². The summed E-state index contributed by atoms with van der Waals surface area (Å²) in [4.78, 5) is 17.2. The van der Waals surface area contributed by atoms with E-state index in [4.69, 9.17) is 5.26 Å². The van der Waals surface area contributed by atoms with Crippen molar-refractivity contribution >= 4 is 38.2 Å². The van der Waals surface area contributed by atoms with Gasteiger partial charge in [0.2, 0.25) is 0 Å². The van der Waals surface area contributed by atoms with Crippen LogP contribution in [0.3, 0.4) is 0 Å². The average molecular weight is 336 g/mol. The summed E-state index contributed by atoms with van der Waals surface area (Å²) in [5.74, 6) is -0.328. The van der Waals surface area contributed by atoms with Crippen molar-refractivity contribution in [1.29, 1.82) is 5.26 Å². The van der Waals surface area contributed by atoms with E-state index in [0.717, 1.165) is 10.4 Å². The minimum atomic E-state index is -0.328. The lowest BCUT2D eigenvalue weighted by molar-refractivity contribution is 0.102. The minimum absolute atomic E-state index is 0.301. The second kappa shape index (κ2) is 5.51. The van der Waals surface area contributed by atoms with Gasteiger partial charge in [0, 0.05) is 15.5 Å². The molecule has 0 saturated heterocycles. The summed E-state index contributed by atoms with van der Waals surface area (Å²) >= 11 is 4.68. The minimum Gasteiger partial charge on any atom is -0.311 e. The summed E-state index contributed by atoms with van der Waals surface area (Å²) in [7, 11) is 0. The Kier molecular flexibility index (Phi) is 3.98. The Morgan fingerprint density at radius 2 is 2.26 bits per heavy atom. The van der Waals surface area contributed by atoms with Crippen LogP contribution in [0.4, 0.5) is 5.00 Å². The van der Waals surface area contributed by atoms with Gasteiger partial charge in [0.15, 0.2) is 0 Å². The molecule has 0 spiro atoms. The zero-order valence-electron chi connectivity index (χ0n) is 10.3. The molecule has 1 amide bonds. The highest BCUT2D eigenvalue weighted by atomic mass is 79.9. The monoisotopic (exact) mass is 335 g/mol. The molecule has 0 saturated carbocycles. The van der Waals surface area contributed by atoms with Gasteiger partial charge in [-0.2, -0.15) is 5.26 Å². The summed E-state index contributed by atoms with van der Waals surface area (Å²) in [5.41, 5.74) is 1.72. The molecule has 4 nitrogen and oxygen atoms in total. The molecule has 2 aromatic rings. The van der Waals surface area contributed by atoms with Gasteiger partial charge in [0.05, 0.1) is 5.56 Å². The van der Waals surface area contributed by atoms with Crippen molar-refractivity contribution in [3.05, 3.63) is 44.5 Å². The molecular formula is C13H10BrN3OS. The maximum absolute atomic E-state index is 12.1. The lowest BCUT2D eigenvalue weighted by Crippen LogP contribution is -2.14. The van der Waals surface area contributed by atoms with Gasteiger partial charge >= 0.3 is 0 Å². The van der Waals surface area contributed by atoms with Crippen LogP contribution in [0.25, 0.3) is 0 Å². The lowest BCUT2D eigenvalue weighted by atomic mass is 10.2. The number of aryl methyl sites for hydroxylation is 1. The van der Waals surface area contributed by atoms with Gasteiger partial charge < -0.3 is 5.32 Å². The second-order valence-corrected chi connectivity index (χ2v) is 5.97. The van der Waals surface area contributed by atoms with E-state index >= 15 is 0 Å². The molecule has 0 bridgehead atoms. The summed E-state index contributed by atoms with van der Waals surface area (Å²) in [6, 6.07) is 5.60. The van der Waals surface area contributed by atoms with E-state index in [1.807, 2.05) is 13.8 Å². The number of carbonyl (C=O) groups is 1. The Bertz CT molecular complexity index is 688. The number of carbonyl (C=O) groups excluding carboxylic acids is 1. The molecule has 0 fully saturated rings. The van der Waals surface area contributed by atoms with Crippen molar-refractivity contribution in [3.8, 4) is 6.07 Å². The van der Waals surface area contributed by atoms with Gasteiger partial charge in [-0.25, -0.2) is 4.98 Å². The number of thiophene rings is 1. The highest BCUT2D eigenvalue weighted by molar-refractivity contribution is 9.10. The molecule has 2 rings (SSSR count). The summed E-state index contributed by atoms with van der Waals surface area (Å²) in [5, 5.41) is 12.4. The van der Waals surface area contributed by atoms with Crippen LogP contribution in [0.5, 0.6) is 0 Å². The SMILES string of the molecule is Cc1sc(NC(=O)c2ncccc2Br)c(C#N)c1C. The molecule has 0 unspecified atom stereocenters. The van der Waals surface area contributed by atoms with Gasteiger partial charge in [0.25, 0.3) is 5.91 Å². The Hall–Kier alpha value is -1.71. The molecule has 0 aliphatic heterocycles. The van der Waals surface area contributed by atoms with Crippen LogP contribution < -0.4 is 5.32 Å². The van der Waals surface area contributed by atoms with Crippen molar-refractivity contribution in [2.75, 3.05) is 5.32 Å². The van der Waals surface area contributed by atoms with Crippen molar-refractivity contribution in [3.63, 3.8) is 0 Å². The first-order chi connectivity index (χ1) is 9.04. The van der Waals surface area contributed by atoms with Crippen LogP contribution in [0.1, 0.15) is 26.5 Å². The fourth-order valence-corrected chi connectivity index (χ4v) is 3.01. The molecule has 1 N–H and O–H groups in total. The maximum atomic E-state index is 12.1. The largest absolute Gasteiger partial charge is 0.311 e. The van der Waals surface area contributed by atoms with E-state index in [9.17, 15) is 4.79 Å². The molecule has 2 aromatic heterocycles. The molecule has 0 aromatic carbocycles. The molecule has 2 heterocycles. The van der Waals surface area contributed by atoms with Crippen LogP contribution >= 0.6 is 27.3 Å². The third kappa shape index (κ3) is 2.67. The average Bonchev–Trinajstić information content (AvgIpc) is 2.64. The standard InChI is InChI=1S/C13H10BrN3OS/c1-7-8(2)19-13(9(7)6-15)17-12(18)11-10(14)4-3-5-16-11/h3-5H,1-2H3,(H,17,18). The van der Waals surface area contributed by atoms with Crippen molar-refractivity contribution in [1.82, 2.24) is 4.98 Å². The second-order valence-electron chi connectivity index (χ2n) is 3.89. The van der Waals surface area contributed by atoms with Gasteiger partial charge in [-0.05, 0) is 47.5 Å². The van der Waals surface area contributed by atoms with Gasteiger partial charge in [-0.3, -0.25) is 4.79 Å². The molecular weight excluding hydrogens is 326 g/mol. The Balaban J connectivity index is 2.33.